The number of aryl methyl sites for hydroxylation is 1. The molecule has 2 aromatic carbocycles. The van der Waals surface area contributed by atoms with Crippen molar-refractivity contribution in [3.8, 4) is 0 Å². The number of carbonyl (C=O) groups excluding carboxylic acids is 2. The number of likely N-dealkylation sites (tertiary alicyclic amines) is 1. The quantitative estimate of drug-likeness (QED) is 0.461. The molecule has 4 amide bonds. The highest BCUT2D eigenvalue weighted by Gasteiger charge is 2.43. The number of alkyl halides is 3. The van der Waals surface area contributed by atoms with Gasteiger partial charge < -0.3 is 20.2 Å². The third-order valence-electron chi connectivity index (χ3n) is 8.17. The lowest BCUT2D eigenvalue weighted by molar-refractivity contribution is -0.137. The largest absolute Gasteiger partial charge is 0.465 e. The lowest BCUT2D eigenvalue weighted by Crippen LogP contribution is -2.48. The molecule has 0 spiro atoms. The smallest absolute Gasteiger partial charge is 0.416 e. The average Bonchev–Trinajstić information content (AvgIpc) is 3.36. The first kappa shape index (κ1) is 30.1. The Morgan fingerprint density at radius 2 is 1.61 bits per heavy atom. The number of urea groups is 1. The molecule has 2 fully saturated rings. The number of nitrogens with zero attached hydrogens (tertiary/aromatic N) is 3. The number of benzene rings is 2. The highest BCUT2D eigenvalue weighted by atomic mass is 19.4. The highest BCUT2D eigenvalue weighted by molar-refractivity contribution is 5.92. The number of amides is 4. The van der Waals surface area contributed by atoms with Crippen molar-refractivity contribution in [2.24, 2.45) is 5.92 Å². The summed E-state index contributed by atoms with van der Waals surface area (Å²) in [5.41, 5.74) is 0.320. The predicted octanol–water partition coefficient (Wildman–Crippen LogP) is 5.46. The zero-order chi connectivity index (χ0) is 30.1. The van der Waals surface area contributed by atoms with Crippen LogP contribution in [-0.4, -0.2) is 72.2 Å². The van der Waals surface area contributed by atoms with Crippen molar-refractivity contribution in [3.63, 3.8) is 0 Å². The molecule has 8 nitrogen and oxygen atoms in total. The summed E-state index contributed by atoms with van der Waals surface area (Å²) in [6.07, 6.45) is -3.53. The Morgan fingerprint density at radius 1 is 0.976 bits per heavy atom. The Hall–Kier alpha value is -3.83. The predicted molar refractivity (Wildman–Crippen MR) is 144 cm³/mol. The summed E-state index contributed by atoms with van der Waals surface area (Å²) < 4.78 is 54.0. The second-order valence-corrected chi connectivity index (χ2v) is 11.0. The van der Waals surface area contributed by atoms with E-state index in [2.05, 4.69) is 5.32 Å². The van der Waals surface area contributed by atoms with Crippen LogP contribution in [0.4, 0.5) is 32.8 Å². The minimum atomic E-state index is -4.57. The van der Waals surface area contributed by atoms with Crippen molar-refractivity contribution in [1.29, 1.82) is 0 Å². The lowest BCUT2D eigenvalue weighted by Gasteiger charge is -2.33. The van der Waals surface area contributed by atoms with E-state index >= 15 is 0 Å². The summed E-state index contributed by atoms with van der Waals surface area (Å²) in [4.78, 5) is 42.4. The van der Waals surface area contributed by atoms with Gasteiger partial charge in [-0.25, -0.2) is 14.0 Å². The van der Waals surface area contributed by atoms with Gasteiger partial charge >= 0.3 is 18.3 Å². The molecule has 222 valence electrons. The van der Waals surface area contributed by atoms with E-state index in [0.29, 0.717) is 31.2 Å². The van der Waals surface area contributed by atoms with Gasteiger partial charge in [-0.1, -0.05) is 12.1 Å². The molecule has 1 saturated carbocycles. The molecule has 0 bridgehead atoms. The molecule has 0 radical (unpaired) electrons. The van der Waals surface area contributed by atoms with Crippen LogP contribution in [0, 0.1) is 18.7 Å². The van der Waals surface area contributed by atoms with Gasteiger partial charge in [0.25, 0.3) is 0 Å². The van der Waals surface area contributed by atoms with Crippen molar-refractivity contribution < 1.29 is 37.1 Å². The van der Waals surface area contributed by atoms with Crippen LogP contribution in [0.1, 0.15) is 48.3 Å². The first-order valence-electron chi connectivity index (χ1n) is 13.5. The SMILES string of the molecule is Cc1cc(N(C)C(=O)N(C)[C@@H]2CN(C(=O)C3CCC(NC(=O)O)CC3)C[C@H]2c2ccc(F)cc2)cc(C(F)(F)F)c1. The maximum absolute atomic E-state index is 13.7. The number of halogens is 4. The number of carbonyl (C=O) groups is 3. The van der Waals surface area contributed by atoms with Gasteiger partial charge in [-0.2, -0.15) is 13.2 Å². The Kier molecular flexibility index (Phi) is 8.79. The van der Waals surface area contributed by atoms with Crippen molar-refractivity contribution in [3.05, 3.63) is 65.0 Å². The van der Waals surface area contributed by atoms with Gasteiger partial charge in [-0.05, 0) is 74.1 Å². The van der Waals surface area contributed by atoms with E-state index in [0.717, 1.165) is 22.6 Å². The molecule has 1 saturated heterocycles. The normalized spacial score (nSPS) is 22.8. The molecule has 2 aliphatic rings. The standard InChI is InChI=1S/C29H34F4N4O4/c1-17-12-20(29(31,32)33)14-23(13-17)35(2)28(41)36(3)25-16-37(15-24(25)18-4-8-21(30)9-5-18)26(38)19-6-10-22(11-7-19)34-27(39)40/h4-5,8-9,12-14,19,22,24-25,34H,6-7,10-11,15-16H2,1-3H3,(H,39,40)/t19?,22?,24-,25+/m0/s1. The van der Waals surface area contributed by atoms with E-state index < -0.39 is 35.7 Å². The van der Waals surface area contributed by atoms with Crippen LogP contribution in [-0.2, 0) is 11.0 Å². The molecular formula is C29H34F4N4O4. The maximum atomic E-state index is 13.7. The molecule has 1 aliphatic carbocycles. The third-order valence-corrected chi connectivity index (χ3v) is 8.17. The zero-order valence-electron chi connectivity index (χ0n) is 23.1. The van der Waals surface area contributed by atoms with Crippen LogP contribution >= 0.6 is 0 Å². The molecule has 2 aromatic rings. The minimum absolute atomic E-state index is 0.0870. The Balaban J connectivity index is 1.54. The van der Waals surface area contributed by atoms with Gasteiger partial charge in [-0.3, -0.25) is 9.69 Å². The van der Waals surface area contributed by atoms with Crippen molar-refractivity contribution in [2.45, 2.75) is 56.8 Å². The van der Waals surface area contributed by atoms with E-state index in [9.17, 15) is 31.9 Å². The first-order chi connectivity index (χ1) is 19.2. The summed E-state index contributed by atoms with van der Waals surface area (Å²) in [6.45, 7) is 2.01. The minimum Gasteiger partial charge on any atom is -0.465 e. The van der Waals surface area contributed by atoms with Gasteiger partial charge in [0.15, 0.2) is 0 Å². The summed E-state index contributed by atoms with van der Waals surface area (Å²) in [7, 11) is 2.96. The second kappa shape index (κ2) is 12.0. The Labute approximate surface area is 235 Å². The van der Waals surface area contributed by atoms with Crippen LogP contribution in [0.15, 0.2) is 42.5 Å². The number of hydrogen-bond donors (Lipinski definition) is 2. The number of anilines is 1. The van der Waals surface area contributed by atoms with Crippen LogP contribution in [0.2, 0.25) is 0 Å². The first-order valence-corrected chi connectivity index (χ1v) is 13.5. The van der Waals surface area contributed by atoms with E-state index in [4.69, 9.17) is 5.11 Å². The molecule has 1 heterocycles. The van der Waals surface area contributed by atoms with Crippen molar-refractivity contribution in [1.82, 2.24) is 15.1 Å². The molecule has 2 atom stereocenters. The van der Waals surface area contributed by atoms with E-state index in [1.807, 2.05) is 0 Å². The zero-order valence-corrected chi connectivity index (χ0v) is 23.1. The van der Waals surface area contributed by atoms with E-state index in [-0.39, 0.29) is 42.6 Å². The van der Waals surface area contributed by atoms with Crippen LogP contribution in [0.25, 0.3) is 0 Å². The molecular weight excluding hydrogens is 544 g/mol. The lowest BCUT2D eigenvalue weighted by atomic mass is 9.85. The maximum Gasteiger partial charge on any atom is 0.416 e. The fourth-order valence-electron chi connectivity index (χ4n) is 5.92. The summed E-state index contributed by atoms with van der Waals surface area (Å²) in [5, 5.41) is 11.4. The van der Waals surface area contributed by atoms with E-state index in [1.54, 1.807) is 24.1 Å². The third kappa shape index (κ3) is 6.91. The number of rotatable bonds is 5. The van der Waals surface area contributed by atoms with Crippen LogP contribution < -0.4 is 10.2 Å². The van der Waals surface area contributed by atoms with Gasteiger partial charge in [0.2, 0.25) is 5.91 Å². The fraction of sp³-hybridized carbons (Fsp3) is 0.483. The summed E-state index contributed by atoms with van der Waals surface area (Å²) in [5.74, 6) is -1.15. The molecule has 41 heavy (non-hydrogen) atoms. The average molecular weight is 579 g/mol. The van der Waals surface area contributed by atoms with Crippen LogP contribution in [0.3, 0.4) is 0 Å². The molecule has 4 rings (SSSR count). The number of likely N-dealkylation sites (N-methyl/N-ethyl adjacent to an activating group) is 1. The van der Waals surface area contributed by atoms with Gasteiger partial charge in [0, 0.05) is 50.7 Å². The summed E-state index contributed by atoms with van der Waals surface area (Å²) >= 11 is 0. The Morgan fingerprint density at radius 3 is 2.20 bits per heavy atom. The molecule has 0 unspecified atom stereocenters. The topological polar surface area (TPSA) is 93.2 Å². The molecule has 0 aromatic heterocycles. The van der Waals surface area contributed by atoms with Gasteiger partial charge in [0.05, 0.1) is 11.6 Å². The molecule has 12 heteroatoms. The fourth-order valence-corrected chi connectivity index (χ4v) is 5.92. The van der Waals surface area contributed by atoms with Gasteiger partial charge in [0.1, 0.15) is 5.82 Å². The second-order valence-electron chi connectivity index (χ2n) is 11.0. The number of carboxylic acid groups (broad SMARTS) is 1. The number of hydrogen-bond acceptors (Lipinski definition) is 3. The highest BCUT2D eigenvalue weighted by Crippen LogP contribution is 2.36. The van der Waals surface area contributed by atoms with E-state index in [1.165, 1.54) is 37.1 Å². The Bertz CT molecular complexity index is 1280. The molecule has 1 aliphatic heterocycles. The van der Waals surface area contributed by atoms with Crippen molar-refractivity contribution in [2.75, 3.05) is 32.1 Å². The van der Waals surface area contributed by atoms with Gasteiger partial charge in [-0.15, -0.1) is 0 Å². The monoisotopic (exact) mass is 578 g/mol. The molecule has 2 N–H and O–H groups in total. The number of nitrogens with one attached hydrogen (secondary N) is 1. The van der Waals surface area contributed by atoms with Crippen molar-refractivity contribution >= 4 is 23.7 Å². The summed E-state index contributed by atoms with van der Waals surface area (Å²) in [6, 6.07) is 8.03. The van der Waals surface area contributed by atoms with Crippen LogP contribution in [0.5, 0.6) is 0 Å².